The second-order valence-electron chi connectivity index (χ2n) is 5.40. The van der Waals surface area contributed by atoms with Crippen LogP contribution in [0.1, 0.15) is 37.2 Å². The first kappa shape index (κ1) is 13.1. The van der Waals surface area contributed by atoms with Gasteiger partial charge in [0.1, 0.15) is 0 Å². The molecular formula is C15H17NO4. The van der Waals surface area contributed by atoms with Crippen molar-refractivity contribution in [2.45, 2.75) is 31.6 Å². The van der Waals surface area contributed by atoms with Crippen molar-refractivity contribution in [2.24, 2.45) is 5.92 Å². The summed E-state index contributed by atoms with van der Waals surface area (Å²) in [5, 5.41) is 10.3. The lowest BCUT2D eigenvalue weighted by Crippen LogP contribution is -2.22. The fourth-order valence-corrected chi connectivity index (χ4v) is 2.72. The topological polar surface area (TPSA) is 66.8 Å². The van der Waals surface area contributed by atoms with Gasteiger partial charge in [0, 0.05) is 0 Å². The molecule has 5 nitrogen and oxygen atoms in total. The maximum atomic E-state index is 11.6. The highest BCUT2D eigenvalue weighted by Crippen LogP contribution is 2.44. The summed E-state index contributed by atoms with van der Waals surface area (Å²) in [7, 11) is 0. The van der Waals surface area contributed by atoms with E-state index in [0.29, 0.717) is 24.6 Å². The molecule has 1 saturated carbocycles. The summed E-state index contributed by atoms with van der Waals surface area (Å²) in [6.45, 7) is 0.421. The van der Waals surface area contributed by atoms with Gasteiger partial charge >= 0.3 is 5.97 Å². The van der Waals surface area contributed by atoms with E-state index >= 15 is 0 Å². The molecular weight excluding hydrogens is 258 g/mol. The van der Waals surface area contributed by atoms with Crippen molar-refractivity contribution in [2.75, 3.05) is 11.7 Å². The van der Waals surface area contributed by atoms with Crippen LogP contribution in [0.25, 0.3) is 0 Å². The maximum absolute atomic E-state index is 11.6. The van der Waals surface area contributed by atoms with Crippen molar-refractivity contribution < 1.29 is 19.5 Å². The molecule has 2 aliphatic rings. The molecule has 1 aliphatic carbocycles. The molecule has 1 aromatic carbocycles. The lowest BCUT2D eigenvalue weighted by atomic mass is 9.91. The number of hydrogen-bond acceptors (Lipinski definition) is 3. The zero-order valence-corrected chi connectivity index (χ0v) is 11.1. The number of amides is 1. The van der Waals surface area contributed by atoms with Gasteiger partial charge in [-0.15, -0.1) is 0 Å². The van der Waals surface area contributed by atoms with Gasteiger partial charge in [0.25, 0.3) is 5.91 Å². The number of carbonyl (C=O) groups excluding carboxylic acids is 1. The highest BCUT2D eigenvalue weighted by Gasteiger charge is 2.34. The van der Waals surface area contributed by atoms with Crippen molar-refractivity contribution in [1.82, 2.24) is 0 Å². The molecule has 2 fully saturated rings. The fourth-order valence-electron chi connectivity index (χ4n) is 2.72. The first-order valence-corrected chi connectivity index (χ1v) is 6.93. The summed E-state index contributed by atoms with van der Waals surface area (Å²) in [5.41, 5.74) is 1.74. The van der Waals surface area contributed by atoms with E-state index in [1.54, 1.807) is 0 Å². The summed E-state index contributed by atoms with van der Waals surface area (Å²) >= 11 is 0. The van der Waals surface area contributed by atoms with Crippen LogP contribution in [0, 0.1) is 5.92 Å². The Hall–Kier alpha value is -1.88. The number of rotatable bonds is 5. The van der Waals surface area contributed by atoms with Crippen LogP contribution in [0.2, 0.25) is 0 Å². The lowest BCUT2D eigenvalue weighted by Gasteiger charge is -2.17. The minimum atomic E-state index is -0.760. The fraction of sp³-hybridized carbons (Fsp3) is 0.467. The Bertz CT molecular complexity index is 521. The maximum Gasteiger partial charge on any atom is 0.303 e. The van der Waals surface area contributed by atoms with Gasteiger partial charge in [-0.3, -0.25) is 14.4 Å². The molecule has 0 aromatic heterocycles. The van der Waals surface area contributed by atoms with E-state index in [9.17, 15) is 9.59 Å². The molecule has 0 radical (unpaired) electrons. The molecule has 1 N–H and O–H groups in total. The van der Waals surface area contributed by atoms with E-state index in [2.05, 4.69) is 0 Å². The second kappa shape index (κ2) is 5.25. The highest BCUT2D eigenvalue weighted by atomic mass is 16.7. The van der Waals surface area contributed by atoms with Crippen molar-refractivity contribution in [3.63, 3.8) is 0 Å². The molecule has 0 spiro atoms. The Kier molecular flexibility index (Phi) is 3.44. The monoisotopic (exact) mass is 275 g/mol. The van der Waals surface area contributed by atoms with Crippen LogP contribution in [0.3, 0.4) is 0 Å². The molecule has 1 aliphatic heterocycles. The number of hydrogen-bond donors (Lipinski definition) is 1. The summed E-state index contributed by atoms with van der Waals surface area (Å²) < 4.78 is 0. The average molecular weight is 275 g/mol. The van der Waals surface area contributed by atoms with E-state index in [1.807, 2.05) is 24.3 Å². The number of nitrogens with zero attached hydrogens (tertiary/aromatic N) is 1. The third-order valence-electron chi connectivity index (χ3n) is 3.90. The van der Waals surface area contributed by atoms with Crippen molar-refractivity contribution in [3.8, 4) is 0 Å². The molecule has 1 amide bonds. The number of aliphatic carboxylic acids is 1. The number of carboxylic acid groups (broad SMARTS) is 1. The Morgan fingerprint density at radius 1 is 1.35 bits per heavy atom. The minimum absolute atomic E-state index is 0.0398. The van der Waals surface area contributed by atoms with Crippen LogP contribution in [-0.4, -0.2) is 23.6 Å². The number of carboxylic acids is 1. The van der Waals surface area contributed by atoms with E-state index in [-0.39, 0.29) is 18.2 Å². The second-order valence-corrected chi connectivity index (χ2v) is 5.40. The Morgan fingerprint density at radius 2 is 2.05 bits per heavy atom. The van der Waals surface area contributed by atoms with E-state index in [1.165, 1.54) is 5.06 Å². The Morgan fingerprint density at radius 3 is 2.55 bits per heavy atom. The van der Waals surface area contributed by atoms with Crippen LogP contribution < -0.4 is 5.06 Å². The largest absolute Gasteiger partial charge is 0.481 e. The highest BCUT2D eigenvalue weighted by molar-refractivity contribution is 5.92. The van der Waals surface area contributed by atoms with Crippen LogP contribution in [0.15, 0.2) is 24.3 Å². The zero-order valence-electron chi connectivity index (χ0n) is 11.1. The summed E-state index contributed by atoms with van der Waals surface area (Å²) in [5.74, 6) is -0.232. The van der Waals surface area contributed by atoms with E-state index in [4.69, 9.17) is 9.94 Å². The summed E-state index contributed by atoms with van der Waals surface area (Å²) in [4.78, 5) is 27.8. The third-order valence-corrected chi connectivity index (χ3v) is 3.90. The van der Waals surface area contributed by atoms with Crippen LogP contribution in [0.5, 0.6) is 0 Å². The first-order valence-electron chi connectivity index (χ1n) is 6.93. The molecule has 0 bridgehead atoms. The standard InChI is InChI=1S/C15H17NO4/c17-14-7-8-20-16(14)12-5-3-11(4-6-12)13(9-15(18)19)10-1-2-10/h3-6,10,13H,1-2,7-9H2,(H,18,19). The SMILES string of the molecule is O=C(O)CC(c1ccc(N2OCCC2=O)cc1)C1CC1. The van der Waals surface area contributed by atoms with Crippen molar-refractivity contribution in [3.05, 3.63) is 29.8 Å². The van der Waals surface area contributed by atoms with Gasteiger partial charge in [-0.2, -0.15) is 5.06 Å². The lowest BCUT2D eigenvalue weighted by molar-refractivity contribution is -0.137. The molecule has 1 aromatic rings. The number of hydroxylamine groups is 1. The van der Waals surface area contributed by atoms with E-state index in [0.717, 1.165) is 18.4 Å². The zero-order chi connectivity index (χ0) is 14.1. The van der Waals surface area contributed by atoms with Crippen molar-refractivity contribution >= 4 is 17.6 Å². The predicted octanol–water partition coefficient (Wildman–Crippen LogP) is 2.32. The normalized spacial score (nSPS) is 20.2. The molecule has 3 rings (SSSR count). The van der Waals surface area contributed by atoms with Gasteiger partial charge in [-0.05, 0) is 42.4 Å². The van der Waals surface area contributed by atoms with Crippen LogP contribution in [-0.2, 0) is 14.4 Å². The van der Waals surface area contributed by atoms with Crippen molar-refractivity contribution in [1.29, 1.82) is 0 Å². The molecule has 5 heteroatoms. The van der Waals surface area contributed by atoms with Crippen LogP contribution >= 0.6 is 0 Å². The van der Waals surface area contributed by atoms with Crippen LogP contribution in [0.4, 0.5) is 5.69 Å². The molecule has 106 valence electrons. The van der Waals surface area contributed by atoms with Gasteiger partial charge in [-0.25, -0.2) is 0 Å². The first-order chi connectivity index (χ1) is 9.65. The smallest absolute Gasteiger partial charge is 0.303 e. The predicted molar refractivity (Wildman–Crippen MR) is 72.2 cm³/mol. The average Bonchev–Trinajstić information content (AvgIpc) is 3.18. The molecule has 1 unspecified atom stereocenters. The number of benzene rings is 1. The minimum Gasteiger partial charge on any atom is -0.481 e. The molecule has 1 atom stereocenters. The Balaban J connectivity index is 1.77. The summed E-state index contributed by atoms with van der Waals surface area (Å²) in [6.07, 6.45) is 2.79. The van der Waals surface area contributed by atoms with Gasteiger partial charge < -0.3 is 5.11 Å². The number of carbonyl (C=O) groups is 2. The van der Waals surface area contributed by atoms with E-state index < -0.39 is 5.97 Å². The van der Waals surface area contributed by atoms with Gasteiger partial charge in [0.05, 0.1) is 25.1 Å². The molecule has 1 heterocycles. The van der Waals surface area contributed by atoms with Gasteiger partial charge in [0.2, 0.25) is 0 Å². The quantitative estimate of drug-likeness (QED) is 0.895. The van der Waals surface area contributed by atoms with Gasteiger partial charge in [-0.1, -0.05) is 12.1 Å². The Labute approximate surface area is 117 Å². The summed E-state index contributed by atoms with van der Waals surface area (Å²) in [6, 6.07) is 7.48. The third kappa shape index (κ3) is 2.67. The number of anilines is 1. The molecule has 1 saturated heterocycles. The molecule has 20 heavy (non-hydrogen) atoms. The van der Waals surface area contributed by atoms with Gasteiger partial charge in [0.15, 0.2) is 0 Å².